The van der Waals surface area contributed by atoms with Crippen molar-refractivity contribution in [3.8, 4) is 0 Å². The van der Waals surface area contributed by atoms with Gasteiger partial charge in [0.15, 0.2) is 0 Å². The Bertz CT molecular complexity index is 785. The second-order valence-electron chi connectivity index (χ2n) is 4.23. The lowest BCUT2D eigenvalue weighted by Gasteiger charge is -2.08. The van der Waals surface area contributed by atoms with Gasteiger partial charge < -0.3 is 9.79 Å². The molecule has 0 unspecified atom stereocenters. The van der Waals surface area contributed by atoms with Gasteiger partial charge in [-0.25, -0.2) is 17.7 Å². The van der Waals surface area contributed by atoms with Crippen molar-refractivity contribution in [2.24, 2.45) is 0 Å². The van der Waals surface area contributed by atoms with E-state index in [-0.39, 0.29) is 11.4 Å². The first-order chi connectivity index (χ1) is 9.78. The molecule has 0 amide bonds. The molecule has 2 aromatic rings. The smallest absolute Gasteiger partial charge is 0.303 e. The second-order valence-corrected chi connectivity index (χ2v) is 7.24. The van der Waals surface area contributed by atoms with Gasteiger partial charge in [-0.2, -0.15) is 0 Å². The number of hydrogen-bond acceptors (Lipinski definition) is 4. The van der Waals surface area contributed by atoms with Crippen LogP contribution in [0.3, 0.4) is 0 Å². The molecule has 0 aliphatic rings. The Kier molecular flexibility index (Phi) is 4.77. The number of nitrogens with one attached hydrogen (secondary N) is 1. The van der Waals surface area contributed by atoms with Crippen molar-refractivity contribution in [3.63, 3.8) is 0 Å². The molecule has 0 spiro atoms. The van der Waals surface area contributed by atoms with E-state index in [9.17, 15) is 13.0 Å². The highest BCUT2D eigenvalue weighted by Gasteiger charge is 2.16. The highest BCUT2D eigenvalue weighted by molar-refractivity contribution is 7.89. The highest BCUT2D eigenvalue weighted by atomic mass is 32.2. The van der Waals surface area contributed by atoms with E-state index in [2.05, 4.69) is 9.25 Å². The fourth-order valence-electron chi connectivity index (χ4n) is 1.76. The summed E-state index contributed by atoms with van der Waals surface area (Å²) in [5.74, 6) is 0. The number of phosphoric ester groups is 1. The molecule has 0 atom stereocenters. The van der Waals surface area contributed by atoms with Crippen LogP contribution in [0.1, 0.15) is 0 Å². The molecule has 21 heavy (non-hydrogen) atoms. The van der Waals surface area contributed by atoms with Gasteiger partial charge in [0.2, 0.25) is 10.0 Å². The van der Waals surface area contributed by atoms with Gasteiger partial charge in [-0.3, -0.25) is 4.52 Å². The van der Waals surface area contributed by atoms with Crippen molar-refractivity contribution in [1.82, 2.24) is 4.72 Å². The first kappa shape index (κ1) is 16.1. The van der Waals surface area contributed by atoms with E-state index >= 15 is 0 Å². The third-order valence-corrected chi connectivity index (χ3v) is 4.66. The van der Waals surface area contributed by atoms with Crippen LogP contribution in [0.25, 0.3) is 10.8 Å². The van der Waals surface area contributed by atoms with Crippen LogP contribution in [-0.2, 0) is 19.1 Å². The van der Waals surface area contributed by atoms with Crippen molar-refractivity contribution in [3.05, 3.63) is 42.5 Å². The maximum absolute atomic E-state index is 12.0. The second kappa shape index (κ2) is 6.23. The van der Waals surface area contributed by atoms with E-state index in [0.29, 0.717) is 0 Å². The molecule has 2 aromatic carbocycles. The quantitative estimate of drug-likeness (QED) is 0.542. The molecule has 0 fully saturated rings. The van der Waals surface area contributed by atoms with Crippen LogP contribution in [0.2, 0.25) is 0 Å². The average molecular weight is 331 g/mol. The molecular weight excluding hydrogens is 317 g/mol. The minimum atomic E-state index is -4.59. The van der Waals surface area contributed by atoms with Gasteiger partial charge in [0.05, 0.1) is 11.5 Å². The number of fused-ring (bicyclic) bond motifs is 1. The summed E-state index contributed by atoms with van der Waals surface area (Å²) in [6.45, 7) is -0.655. The van der Waals surface area contributed by atoms with E-state index in [0.717, 1.165) is 10.8 Å². The third kappa shape index (κ3) is 4.60. The Morgan fingerprint density at radius 3 is 2.43 bits per heavy atom. The first-order valence-corrected chi connectivity index (χ1v) is 8.98. The third-order valence-electron chi connectivity index (χ3n) is 2.68. The Morgan fingerprint density at radius 1 is 1.10 bits per heavy atom. The normalized spacial score (nSPS) is 12.7. The van der Waals surface area contributed by atoms with Gasteiger partial charge in [-0.1, -0.05) is 30.3 Å². The van der Waals surface area contributed by atoms with Crippen molar-refractivity contribution < 1.29 is 27.3 Å². The molecular formula is C12H14NO6PS. The van der Waals surface area contributed by atoms with E-state index in [4.69, 9.17) is 9.79 Å². The number of benzene rings is 2. The summed E-state index contributed by atoms with van der Waals surface area (Å²) >= 11 is 0. The van der Waals surface area contributed by atoms with Gasteiger partial charge in [0, 0.05) is 6.54 Å². The molecule has 0 aromatic heterocycles. The van der Waals surface area contributed by atoms with Gasteiger partial charge in [0.25, 0.3) is 0 Å². The zero-order chi connectivity index (χ0) is 15.5. The predicted octanol–water partition coefficient (Wildman–Crippen LogP) is 1.23. The average Bonchev–Trinajstić information content (AvgIpc) is 2.42. The standard InChI is InChI=1S/C12H14NO6PS/c14-20(15,16)19-8-7-13-21(17,18)12-6-5-10-3-1-2-4-11(10)9-12/h1-6,9,13H,7-8H2,(H2,14,15,16). The Balaban J connectivity index is 2.09. The fraction of sp³-hybridized carbons (Fsp3) is 0.167. The molecule has 0 saturated carbocycles. The van der Waals surface area contributed by atoms with Crippen LogP contribution in [0.4, 0.5) is 0 Å². The Labute approximate surface area is 121 Å². The maximum atomic E-state index is 12.0. The monoisotopic (exact) mass is 331 g/mol. The summed E-state index contributed by atoms with van der Waals surface area (Å²) in [6.07, 6.45) is 0. The summed E-state index contributed by atoms with van der Waals surface area (Å²) in [7, 11) is -8.34. The lowest BCUT2D eigenvalue weighted by Crippen LogP contribution is -2.27. The topological polar surface area (TPSA) is 113 Å². The largest absolute Gasteiger partial charge is 0.469 e. The predicted molar refractivity (Wildman–Crippen MR) is 77.1 cm³/mol. The SMILES string of the molecule is O=P(O)(O)OCCNS(=O)(=O)c1ccc2ccccc2c1. The van der Waals surface area contributed by atoms with Gasteiger partial charge in [-0.15, -0.1) is 0 Å². The van der Waals surface area contributed by atoms with Crippen molar-refractivity contribution >= 4 is 28.6 Å². The number of rotatable bonds is 6. The van der Waals surface area contributed by atoms with Crippen LogP contribution in [0, 0.1) is 0 Å². The molecule has 2 rings (SSSR count). The number of phosphoric acid groups is 1. The van der Waals surface area contributed by atoms with Crippen molar-refractivity contribution in [2.45, 2.75) is 4.90 Å². The minimum absolute atomic E-state index is 0.0809. The van der Waals surface area contributed by atoms with Crippen LogP contribution in [0.15, 0.2) is 47.4 Å². The van der Waals surface area contributed by atoms with E-state index in [1.54, 1.807) is 18.2 Å². The van der Waals surface area contributed by atoms with Crippen molar-refractivity contribution in [2.75, 3.05) is 13.2 Å². The fourth-order valence-corrected chi connectivity index (χ4v) is 3.14. The van der Waals surface area contributed by atoms with Crippen molar-refractivity contribution in [1.29, 1.82) is 0 Å². The molecule has 7 nitrogen and oxygen atoms in total. The number of sulfonamides is 1. The van der Waals surface area contributed by atoms with E-state index in [1.165, 1.54) is 12.1 Å². The molecule has 0 radical (unpaired) electrons. The van der Waals surface area contributed by atoms with Gasteiger partial charge in [0.1, 0.15) is 0 Å². The van der Waals surface area contributed by atoms with Gasteiger partial charge in [-0.05, 0) is 22.9 Å². The Morgan fingerprint density at radius 2 is 1.76 bits per heavy atom. The van der Waals surface area contributed by atoms with Crippen LogP contribution in [-0.4, -0.2) is 31.4 Å². The highest BCUT2D eigenvalue weighted by Crippen LogP contribution is 2.35. The zero-order valence-corrected chi connectivity index (χ0v) is 12.5. The summed E-state index contributed by atoms with van der Waals surface area (Å²) in [5.41, 5.74) is 0. The summed E-state index contributed by atoms with van der Waals surface area (Å²) in [4.78, 5) is 17.1. The first-order valence-electron chi connectivity index (χ1n) is 5.96. The molecule has 0 aliphatic heterocycles. The molecule has 0 bridgehead atoms. The minimum Gasteiger partial charge on any atom is -0.303 e. The summed E-state index contributed by atoms with van der Waals surface area (Å²) in [6, 6.07) is 12.0. The zero-order valence-electron chi connectivity index (χ0n) is 10.8. The van der Waals surface area contributed by atoms with Crippen LogP contribution < -0.4 is 4.72 Å². The maximum Gasteiger partial charge on any atom is 0.469 e. The summed E-state index contributed by atoms with van der Waals surface area (Å²) < 4.78 is 40.9. The molecule has 0 heterocycles. The molecule has 114 valence electrons. The lowest BCUT2D eigenvalue weighted by molar-refractivity contribution is 0.200. The number of hydrogen-bond donors (Lipinski definition) is 3. The Hall–Kier alpha value is -1.28. The molecule has 3 N–H and O–H groups in total. The van der Waals surface area contributed by atoms with E-state index < -0.39 is 24.5 Å². The van der Waals surface area contributed by atoms with Crippen LogP contribution >= 0.6 is 7.82 Å². The lowest BCUT2D eigenvalue weighted by atomic mass is 10.1. The molecule has 9 heteroatoms. The van der Waals surface area contributed by atoms with E-state index in [1.807, 2.05) is 12.1 Å². The van der Waals surface area contributed by atoms with Crippen LogP contribution in [0.5, 0.6) is 0 Å². The summed E-state index contributed by atoms with van der Waals surface area (Å²) in [5, 5.41) is 1.70. The van der Waals surface area contributed by atoms with Gasteiger partial charge >= 0.3 is 7.82 Å². The molecule has 0 saturated heterocycles. The molecule has 0 aliphatic carbocycles.